The lowest BCUT2D eigenvalue weighted by molar-refractivity contribution is -0.122. The number of carbonyl (C=O) groups is 4. The predicted molar refractivity (Wildman–Crippen MR) is 124 cm³/mol. The van der Waals surface area contributed by atoms with Gasteiger partial charge in [0.1, 0.15) is 11.4 Å². The normalized spacial score (nSPS) is 15.0. The molecule has 1 saturated heterocycles. The van der Waals surface area contributed by atoms with E-state index in [-0.39, 0.29) is 18.0 Å². The van der Waals surface area contributed by atoms with Gasteiger partial charge in [-0.05, 0) is 60.2 Å². The van der Waals surface area contributed by atoms with E-state index in [0.717, 1.165) is 0 Å². The van der Waals surface area contributed by atoms with Crippen molar-refractivity contribution in [2.45, 2.75) is 5.92 Å². The first kappa shape index (κ1) is 22.5. The van der Waals surface area contributed by atoms with Gasteiger partial charge in [-0.2, -0.15) is 0 Å². The van der Waals surface area contributed by atoms with Crippen LogP contribution in [0, 0.1) is 0 Å². The highest BCUT2D eigenvalue weighted by Gasteiger charge is 2.28. The molecule has 1 aliphatic heterocycles. The van der Waals surface area contributed by atoms with E-state index in [1.807, 2.05) is 0 Å². The lowest BCUT2D eigenvalue weighted by atomic mass is 9.94. The number of benzene rings is 2. The molecule has 1 atom stereocenters. The second-order valence-electron chi connectivity index (χ2n) is 7.45. The number of aromatic nitrogens is 1. The number of amides is 5. The van der Waals surface area contributed by atoms with E-state index in [1.165, 1.54) is 13.3 Å². The third-order valence-corrected chi connectivity index (χ3v) is 5.15. The first-order valence-electron chi connectivity index (χ1n) is 10.3. The summed E-state index contributed by atoms with van der Waals surface area (Å²) >= 11 is 0. The zero-order valence-electron chi connectivity index (χ0n) is 18.1. The molecular formula is C24H21N5O5. The van der Waals surface area contributed by atoms with Crippen molar-refractivity contribution in [1.29, 1.82) is 0 Å². The molecule has 10 nitrogen and oxygen atoms in total. The zero-order chi connectivity index (χ0) is 24.1. The molecule has 3 aromatic rings. The molecule has 1 aromatic heterocycles. The maximum atomic E-state index is 12.9. The summed E-state index contributed by atoms with van der Waals surface area (Å²) in [6, 6.07) is 15.9. The topological polar surface area (TPSA) is 139 Å². The van der Waals surface area contributed by atoms with Gasteiger partial charge in [0.25, 0.3) is 11.8 Å². The Balaban J connectivity index is 1.46. The number of imide groups is 1. The van der Waals surface area contributed by atoms with Gasteiger partial charge in [0, 0.05) is 29.7 Å². The summed E-state index contributed by atoms with van der Waals surface area (Å²) in [5.74, 6) is -1.46. The number of hydrogen-bond donors (Lipinski definition) is 4. The summed E-state index contributed by atoms with van der Waals surface area (Å²) in [6.07, 6.45) is 1.54. The van der Waals surface area contributed by atoms with Crippen LogP contribution in [0.2, 0.25) is 0 Å². The number of hydrogen-bond acceptors (Lipinski definition) is 6. The van der Waals surface area contributed by atoms with Crippen molar-refractivity contribution < 1.29 is 23.9 Å². The molecule has 5 amide bonds. The van der Waals surface area contributed by atoms with Crippen molar-refractivity contribution in [3.63, 3.8) is 0 Å². The molecule has 1 aliphatic rings. The SMILES string of the molecule is COc1cc(C(=O)Nc2ccc(NC(=O)c3ccccn3)cc2)cc(C2CNC(=O)NC2=O)c1. The summed E-state index contributed by atoms with van der Waals surface area (Å²) < 4.78 is 5.29. The van der Waals surface area contributed by atoms with Gasteiger partial charge >= 0.3 is 6.03 Å². The van der Waals surface area contributed by atoms with Gasteiger partial charge in [0.05, 0.1) is 13.0 Å². The number of nitrogens with zero attached hydrogens (tertiary/aromatic N) is 1. The fourth-order valence-corrected chi connectivity index (χ4v) is 3.40. The Labute approximate surface area is 194 Å². The maximum Gasteiger partial charge on any atom is 0.321 e. The lowest BCUT2D eigenvalue weighted by Crippen LogP contribution is -2.50. The van der Waals surface area contributed by atoms with Crippen LogP contribution in [0.15, 0.2) is 66.9 Å². The largest absolute Gasteiger partial charge is 0.497 e. The predicted octanol–water partition coefficient (Wildman–Crippen LogP) is 2.52. The van der Waals surface area contributed by atoms with Crippen LogP contribution >= 0.6 is 0 Å². The van der Waals surface area contributed by atoms with Crippen molar-refractivity contribution in [1.82, 2.24) is 15.6 Å². The van der Waals surface area contributed by atoms with Gasteiger partial charge in [-0.3, -0.25) is 24.7 Å². The van der Waals surface area contributed by atoms with E-state index in [2.05, 4.69) is 26.3 Å². The molecule has 34 heavy (non-hydrogen) atoms. The number of carbonyl (C=O) groups excluding carboxylic acids is 4. The second kappa shape index (κ2) is 9.82. The van der Waals surface area contributed by atoms with Crippen LogP contribution in [0.1, 0.15) is 32.3 Å². The van der Waals surface area contributed by atoms with Gasteiger partial charge in [0.2, 0.25) is 5.91 Å². The smallest absolute Gasteiger partial charge is 0.321 e. The molecular weight excluding hydrogens is 438 g/mol. The van der Waals surface area contributed by atoms with Crippen LogP contribution in [0.4, 0.5) is 16.2 Å². The summed E-state index contributed by atoms with van der Waals surface area (Å²) in [4.78, 5) is 52.7. The third-order valence-electron chi connectivity index (χ3n) is 5.15. The minimum absolute atomic E-state index is 0.116. The first-order valence-corrected chi connectivity index (χ1v) is 10.3. The van der Waals surface area contributed by atoms with E-state index < -0.39 is 23.8 Å². The third kappa shape index (κ3) is 5.18. The minimum Gasteiger partial charge on any atom is -0.497 e. The molecule has 2 aromatic carbocycles. The Hall–Kier alpha value is -4.73. The molecule has 2 heterocycles. The number of pyridine rings is 1. The highest BCUT2D eigenvalue weighted by atomic mass is 16.5. The molecule has 0 radical (unpaired) electrons. The summed E-state index contributed by atoms with van der Waals surface area (Å²) in [7, 11) is 1.46. The van der Waals surface area contributed by atoms with Crippen LogP contribution in [-0.4, -0.2) is 42.4 Å². The number of nitrogens with one attached hydrogen (secondary N) is 4. The summed E-state index contributed by atoms with van der Waals surface area (Å²) in [5.41, 5.74) is 2.16. The minimum atomic E-state index is -0.652. The highest BCUT2D eigenvalue weighted by molar-refractivity contribution is 6.06. The number of ether oxygens (including phenoxy) is 1. The molecule has 4 N–H and O–H groups in total. The summed E-state index contributed by atoms with van der Waals surface area (Å²) in [5, 5.41) is 10.3. The van der Waals surface area contributed by atoms with Gasteiger partial charge in [-0.1, -0.05) is 6.07 Å². The van der Waals surface area contributed by atoms with E-state index in [4.69, 9.17) is 4.74 Å². The Bertz CT molecular complexity index is 1240. The Morgan fingerprint density at radius 2 is 1.68 bits per heavy atom. The molecule has 0 saturated carbocycles. The van der Waals surface area contributed by atoms with Crippen LogP contribution in [0.3, 0.4) is 0 Å². The fraction of sp³-hybridized carbons (Fsp3) is 0.125. The highest BCUT2D eigenvalue weighted by Crippen LogP contribution is 2.25. The molecule has 0 spiro atoms. The van der Waals surface area contributed by atoms with Crippen molar-refractivity contribution in [3.05, 3.63) is 83.7 Å². The van der Waals surface area contributed by atoms with Crippen LogP contribution in [0.5, 0.6) is 5.75 Å². The monoisotopic (exact) mass is 459 g/mol. The van der Waals surface area contributed by atoms with Crippen LogP contribution < -0.4 is 26.0 Å². The molecule has 1 fully saturated rings. The summed E-state index contributed by atoms with van der Waals surface area (Å²) in [6.45, 7) is 0.116. The van der Waals surface area contributed by atoms with Crippen molar-refractivity contribution in [2.24, 2.45) is 0 Å². The second-order valence-corrected chi connectivity index (χ2v) is 7.45. The number of anilines is 2. The molecule has 4 rings (SSSR count). The average Bonchev–Trinajstić information content (AvgIpc) is 2.85. The molecule has 0 aliphatic carbocycles. The Morgan fingerprint density at radius 3 is 2.29 bits per heavy atom. The average molecular weight is 459 g/mol. The standard InChI is InChI=1S/C24H21N5O5/c1-34-18-11-14(19-13-26-24(33)29-22(19)31)10-15(12-18)21(30)27-16-5-7-17(8-6-16)28-23(32)20-4-2-3-9-25-20/h2-12,19H,13H2,1H3,(H,27,30)(H,28,32)(H2,26,29,31,33). The first-order chi connectivity index (χ1) is 16.4. The maximum absolute atomic E-state index is 12.9. The van der Waals surface area contributed by atoms with Gasteiger partial charge in [-0.25, -0.2) is 4.79 Å². The van der Waals surface area contributed by atoms with Crippen molar-refractivity contribution in [2.75, 3.05) is 24.3 Å². The van der Waals surface area contributed by atoms with Crippen LogP contribution in [-0.2, 0) is 4.79 Å². The molecule has 0 bridgehead atoms. The molecule has 1 unspecified atom stereocenters. The van der Waals surface area contributed by atoms with Gasteiger partial charge in [0.15, 0.2) is 0 Å². The van der Waals surface area contributed by atoms with Crippen molar-refractivity contribution >= 4 is 35.1 Å². The number of urea groups is 1. The number of methoxy groups -OCH3 is 1. The van der Waals surface area contributed by atoms with Crippen LogP contribution in [0.25, 0.3) is 0 Å². The zero-order valence-corrected chi connectivity index (χ0v) is 18.1. The quantitative estimate of drug-likeness (QED) is 0.447. The molecule has 10 heteroatoms. The van der Waals surface area contributed by atoms with Gasteiger partial charge in [-0.15, -0.1) is 0 Å². The van der Waals surface area contributed by atoms with Gasteiger partial charge < -0.3 is 20.7 Å². The fourth-order valence-electron chi connectivity index (χ4n) is 3.40. The van der Waals surface area contributed by atoms with Crippen molar-refractivity contribution in [3.8, 4) is 5.75 Å². The van der Waals surface area contributed by atoms with E-state index in [9.17, 15) is 19.2 Å². The Kier molecular flexibility index (Phi) is 6.49. The molecule has 172 valence electrons. The van der Waals surface area contributed by atoms with E-state index in [1.54, 1.807) is 60.7 Å². The lowest BCUT2D eigenvalue weighted by Gasteiger charge is -2.23. The van der Waals surface area contributed by atoms with E-state index in [0.29, 0.717) is 28.4 Å². The number of rotatable bonds is 6. The van der Waals surface area contributed by atoms with E-state index >= 15 is 0 Å². The Morgan fingerprint density at radius 1 is 0.971 bits per heavy atom.